The summed E-state index contributed by atoms with van der Waals surface area (Å²) in [6.07, 6.45) is 0. The molecule has 0 bridgehead atoms. The molecule has 0 atom stereocenters. The lowest BCUT2D eigenvalue weighted by molar-refractivity contribution is 0.669. The molecule has 2 heterocycles. The van der Waals surface area contributed by atoms with Gasteiger partial charge in [0.05, 0.1) is 0 Å². The van der Waals surface area contributed by atoms with E-state index in [1.807, 2.05) is 36.4 Å². The van der Waals surface area contributed by atoms with Crippen molar-refractivity contribution in [2.24, 2.45) is 0 Å². The van der Waals surface area contributed by atoms with Gasteiger partial charge in [0.2, 0.25) is 0 Å². The number of rotatable bonds is 7. The van der Waals surface area contributed by atoms with Crippen molar-refractivity contribution in [3.8, 4) is 78.7 Å². The van der Waals surface area contributed by atoms with Crippen molar-refractivity contribution in [3.05, 3.63) is 200 Å². The summed E-state index contributed by atoms with van der Waals surface area (Å²) in [7, 11) is 0. The third-order valence-electron chi connectivity index (χ3n) is 10.4. The van der Waals surface area contributed by atoms with Crippen LogP contribution in [0.5, 0.6) is 0 Å². The van der Waals surface area contributed by atoms with E-state index in [0.717, 1.165) is 66.4 Å². The van der Waals surface area contributed by atoms with Crippen LogP contribution in [-0.2, 0) is 0 Å². The predicted molar refractivity (Wildman–Crippen MR) is 230 cm³/mol. The van der Waals surface area contributed by atoms with Gasteiger partial charge in [0.15, 0.2) is 17.5 Å². The minimum absolute atomic E-state index is 0.577. The molecule has 4 nitrogen and oxygen atoms in total. The molecular weight excluding hydrogens is 683 g/mol. The molecule has 10 rings (SSSR count). The lowest BCUT2D eigenvalue weighted by Crippen LogP contribution is -2.01. The van der Waals surface area contributed by atoms with E-state index in [4.69, 9.17) is 19.4 Å². The highest BCUT2D eigenvalue weighted by Gasteiger charge is 2.21. The molecule has 0 N–H and O–H groups in total. The van der Waals surface area contributed by atoms with Crippen LogP contribution in [0.3, 0.4) is 0 Å². The number of aromatic nitrogens is 3. The molecule has 2 aromatic heterocycles. The van der Waals surface area contributed by atoms with Crippen LogP contribution in [0.2, 0.25) is 0 Å². The van der Waals surface area contributed by atoms with E-state index in [1.165, 1.54) is 22.3 Å². The first-order valence-corrected chi connectivity index (χ1v) is 18.8. The third-order valence-corrected chi connectivity index (χ3v) is 10.4. The van der Waals surface area contributed by atoms with Gasteiger partial charge < -0.3 is 4.42 Å². The Kier molecular flexibility index (Phi) is 8.34. The summed E-state index contributed by atoms with van der Waals surface area (Å²) in [5.41, 5.74) is 14.5. The molecule has 0 unspecified atom stereocenters. The van der Waals surface area contributed by atoms with E-state index in [2.05, 4.69) is 165 Å². The van der Waals surface area contributed by atoms with Crippen molar-refractivity contribution in [1.82, 2.24) is 15.0 Å². The van der Waals surface area contributed by atoms with Gasteiger partial charge in [0.25, 0.3) is 0 Å². The van der Waals surface area contributed by atoms with Crippen LogP contribution in [0.15, 0.2) is 199 Å². The van der Waals surface area contributed by atoms with Gasteiger partial charge in [0.1, 0.15) is 11.2 Å². The zero-order chi connectivity index (χ0) is 37.4. The number of furan rings is 1. The fourth-order valence-corrected chi connectivity index (χ4v) is 7.63. The Labute approximate surface area is 325 Å². The highest BCUT2D eigenvalue weighted by molar-refractivity contribution is 6.14. The number of hydrogen-bond acceptors (Lipinski definition) is 4. The Balaban J connectivity index is 1.17. The summed E-state index contributed by atoms with van der Waals surface area (Å²) >= 11 is 0. The summed E-state index contributed by atoms with van der Waals surface area (Å²) in [5.74, 6) is 1.79. The van der Waals surface area contributed by atoms with Crippen molar-refractivity contribution >= 4 is 21.9 Å². The summed E-state index contributed by atoms with van der Waals surface area (Å²) in [6, 6.07) is 67.5. The van der Waals surface area contributed by atoms with Crippen LogP contribution in [0.1, 0.15) is 5.56 Å². The second kappa shape index (κ2) is 14.1. The van der Waals surface area contributed by atoms with Crippen molar-refractivity contribution in [1.29, 1.82) is 0 Å². The van der Waals surface area contributed by atoms with Crippen LogP contribution >= 0.6 is 0 Å². The largest absolute Gasteiger partial charge is 0.456 e. The smallest absolute Gasteiger partial charge is 0.164 e. The highest BCUT2D eigenvalue weighted by atomic mass is 16.3. The Morgan fingerprint density at radius 3 is 1.54 bits per heavy atom. The minimum Gasteiger partial charge on any atom is -0.456 e. The standard InChI is InChI=1S/C52H35N3O/c1-34-14-11-21-40(30-34)36-26-28-39(29-27-36)51-53-50(38-19-9-4-10-20-38)54-52(55-51)45-33-48-46(32-44(45)37-17-7-3-8-18-37)49-43(24-13-25-47(49)56-48)42-23-12-22-41(31-42)35-15-5-2-6-16-35/h2-33H,1H3. The maximum Gasteiger partial charge on any atom is 0.164 e. The van der Waals surface area contributed by atoms with E-state index < -0.39 is 0 Å². The van der Waals surface area contributed by atoms with Gasteiger partial charge in [-0.15, -0.1) is 0 Å². The first-order chi connectivity index (χ1) is 27.6. The molecule has 8 aromatic carbocycles. The lowest BCUT2D eigenvalue weighted by atomic mass is 9.93. The van der Waals surface area contributed by atoms with Gasteiger partial charge in [0, 0.05) is 27.5 Å². The second-order valence-corrected chi connectivity index (χ2v) is 14.1. The summed E-state index contributed by atoms with van der Waals surface area (Å²) in [5, 5.41) is 2.11. The zero-order valence-corrected chi connectivity index (χ0v) is 30.7. The van der Waals surface area contributed by atoms with Crippen LogP contribution in [0.25, 0.3) is 101 Å². The lowest BCUT2D eigenvalue weighted by Gasteiger charge is -2.13. The van der Waals surface area contributed by atoms with E-state index in [0.29, 0.717) is 17.5 Å². The average Bonchev–Trinajstić information content (AvgIpc) is 3.65. The molecule has 56 heavy (non-hydrogen) atoms. The Hall–Kier alpha value is -7.43. The van der Waals surface area contributed by atoms with E-state index in [-0.39, 0.29) is 0 Å². The number of hydrogen-bond donors (Lipinski definition) is 0. The number of benzene rings is 8. The highest BCUT2D eigenvalue weighted by Crippen LogP contribution is 2.43. The molecule has 0 spiro atoms. The molecule has 0 amide bonds. The fourth-order valence-electron chi connectivity index (χ4n) is 7.63. The maximum absolute atomic E-state index is 6.70. The molecule has 4 heteroatoms. The van der Waals surface area contributed by atoms with E-state index in [1.54, 1.807) is 0 Å². The molecule has 0 saturated carbocycles. The second-order valence-electron chi connectivity index (χ2n) is 14.1. The van der Waals surface area contributed by atoms with Crippen molar-refractivity contribution in [3.63, 3.8) is 0 Å². The van der Waals surface area contributed by atoms with Crippen molar-refractivity contribution < 1.29 is 4.42 Å². The van der Waals surface area contributed by atoms with Crippen molar-refractivity contribution in [2.75, 3.05) is 0 Å². The summed E-state index contributed by atoms with van der Waals surface area (Å²) < 4.78 is 6.70. The molecule has 0 radical (unpaired) electrons. The Morgan fingerprint density at radius 2 is 0.839 bits per heavy atom. The van der Waals surface area contributed by atoms with Crippen LogP contribution in [-0.4, -0.2) is 15.0 Å². The Bertz CT molecular complexity index is 3010. The quantitative estimate of drug-likeness (QED) is 0.165. The van der Waals surface area contributed by atoms with Crippen molar-refractivity contribution in [2.45, 2.75) is 6.92 Å². The van der Waals surface area contributed by atoms with E-state index in [9.17, 15) is 0 Å². The van der Waals surface area contributed by atoms with Crippen LogP contribution in [0.4, 0.5) is 0 Å². The number of aryl methyl sites for hydroxylation is 1. The van der Waals surface area contributed by atoms with E-state index >= 15 is 0 Å². The SMILES string of the molecule is Cc1cccc(-c2ccc(-c3nc(-c4ccccc4)nc(-c4cc5oc6cccc(-c7cccc(-c8ccccc8)c7)c6c5cc4-c4ccccc4)n3)cc2)c1. The molecule has 0 fully saturated rings. The third kappa shape index (κ3) is 6.23. The van der Waals surface area contributed by atoms with Gasteiger partial charge in [-0.2, -0.15) is 0 Å². The number of fused-ring (bicyclic) bond motifs is 3. The first kappa shape index (κ1) is 33.2. The fraction of sp³-hybridized carbons (Fsp3) is 0.0192. The molecule has 0 saturated heterocycles. The normalized spacial score (nSPS) is 11.3. The summed E-state index contributed by atoms with van der Waals surface area (Å²) in [6.45, 7) is 2.12. The topological polar surface area (TPSA) is 51.8 Å². The summed E-state index contributed by atoms with van der Waals surface area (Å²) in [4.78, 5) is 15.4. The van der Waals surface area contributed by atoms with Crippen LogP contribution < -0.4 is 0 Å². The minimum atomic E-state index is 0.577. The molecule has 0 aliphatic carbocycles. The molecular formula is C52H35N3O. The van der Waals surface area contributed by atoms with Gasteiger partial charge >= 0.3 is 0 Å². The Morgan fingerprint density at radius 1 is 0.321 bits per heavy atom. The molecule has 10 aromatic rings. The maximum atomic E-state index is 6.70. The van der Waals surface area contributed by atoms with Crippen LogP contribution in [0, 0.1) is 6.92 Å². The average molecular weight is 718 g/mol. The predicted octanol–water partition coefficient (Wildman–Crippen LogP) is 13.7. The zero-order valence-electron chi connectivity index (χ0n) is 30.7. The first-order valence-electron chi connectivity index (χ1n) is 18.8. The van der Waals surface area contributed by atoms with Gasteiger partial charge in [-0.1, -0.05) is 175 Å². The molecule has 0 aliphatic rings. The molecule has 0 aliphatic heterocycles. The number of nitrogens with zero attached hydrogens (tertiary/aromatic N) is 3. The van der Waals surface area contributed by atoms with Gasteiger partial charge in [-0.05, 0) is 75.7 Å². The van der Waals surface area contributed by atoms with Gasteiger partial charge in [-0.3, -0.25) is 0 Å². The van der Waals surface area contributed by atoms with Gasteiger partial charge in [-0.25, -0.2) is 15.0 Å². The molecule has 264 valence electrons. The monoisotopic (exact) mass is 717 g/mol.